The minimum atomic E-state index is 0. The van der Waals surface area contributed by atoms with Crippen molar-refractivity contribution in [1.29, 1.82) is 0 Å². The Kier molecular flexibility index (Phi) is 9.13. The van der Waals surface area contributed by atoms with Crippen LogP contribution in [0.3, 0.4) is 0 Å². The van der Waals surface area contributed by atoms with Gasteiger partial charge in [-0.2, -0.15) is 5.10 Å². The molecule has 1 aromatic carbocycles. The van der Waals surface area contributed by atoms with E-state index in [1.165, 1.54) is 11.9 Å². The van der Waals surface area contributed by atoms with Gasteiger partial charge in [0.2, 0.25) is 0 Å². The molecule has 0 atom stereocenters. The fourth-order valence-corrected chi connectivity index (χ4v) is 1.97. The molecule has 0 aliphatic heterocycles. The van der Waals surface area contributed by atoms with Crippen molar-refractivity contribution < 1.29 is 4.74 Å². The van der Waals surface area contributed by atoms with Crippen LogP contribution < -0.4 is 15.4 Å². The van der Waals surface area contributed by atoms with Gasteiger partial charge in [-0.05, 0) is 25.5 Å². The molecule has 2 N–H and O–H groups in total. The maximum atomic E-state index is 5.69. The zero-order valence-electron chi connectivity index (χ0n) is 14.3. The molecular weight excluding hydrogens is 419 g/mol. The van der Waals surface area contributed by atoms with Gasteiger partial charge in [-0.3, -0.25) is 9.67 Å². The molecule has 24 heavy (non-hydrogen) atoms. The van der Waals surface area contributed by atoms with E-state index in [0.717, 1.165) is 30.5 Å². The Morgan fingerprint density at radius 2 is 2.00 bits per heavy atom. The lowest BCUT2D eigenvalue weighted by molar-refractivity contribution is 0.311. The zero-order chi connectivity index (χ0) is 16.5. The van der Waals surface area contributed by atoms with Gasteiger partial charge in [-0.15, -0.1) is 24.0 Å². The van der Waals surface area contributed by atoms with Crippen LogP contribution in [0.5, 0.6) is 5.75 Å². The van der Waals surface area contributed by atoms with Gasteiger partial charge in [0.05, 0.1) is 13.2 Å². The molecule has 0 fully saturated rings. The van der Waals surface area contributed by atoms with Crippen LogP contribution in [0, 0.1) is 6.92 Å². The van der Waals surface area contributed by atoms with Gasteiger partial charge >= 0.3 is 0 Å². The number of halogens is 1. The zero-order valence-corrected chi connectivity index (χ0v) is 16.7. The molecule has 7 nitrogen and oxygen atoms in total. The predicted octanol–water partition coefficient (Wildman–Crippen LogP) is 1.88. The summed E-state index contributed by atoms with van der Waals surface area (Å²) >= 11 is 0. The summed E-state index contributed by atoms with van der Waals surface area (Å²) in [6.07, 6.45) is 2.42. The standard InChI is InChI=1S/C16H24N6O.HI/c1-13-5-7-14(8-6-13)23-10-4-9-18-16(17-2)19-11-15-20-12-21-22(15)3;/h5-8,12H,4,9-11H2,1-3H3,(H2,17,18,19);1H. The number of hydrogen-bond donors (Lipinski definition) is 2. The van der Waals surface area contributed by atoms with E-state index in [4.69, 9.17) is 4.74 Å². The third-order valence-electron chi connectivity index (χ3n) is 3.35. The number of rotatable bonds is 7. The van der Waals surface area contributed by atoms with Gasteiger partial charge in [0.25, 0.3) is 0 Å². The van der Waals surface area contributed by atoms with Crippen molar-refractivity contribution in [2.45, 2.75) is 19.9 Å². The van der Waals surface area contributed by atoms with Gasteiger partial charge in [0.15, 0.2) is 5.96 Å². The van der Waals surface area contributed by atoms with Gasteiger partial charge in [0, 0.05) is 20.6 Å². The highest BCUT2D eigenvalue weighted by Crippen LogP contribution is 2.11. The van der Waals surface area contributed by atoms with Crippen LogP contribution in [0.15, 0.2) is 35.6 Å². The molecule has 0 aliphatic carbocycles. The molecule has 0 unspecified atom stereocenters. The van der Waals surface area contributed by atoms with Crippen molar-refractivity contribution in [3.63, 3.8) is 0 Å². The van der Waals surface area contributed by atoms with Gasteiger partial charge < -0.3 is 15.4 Å². The van der Waals surface area contributed by atoms with Crippen LogP contribution in [0.4, 0.5) is 0 Å². The lowest BCUT2D eigenvalue weighted by Gasteiger charge is -2.12. The smallest absolute Gasteiger partial charge is 0.191 e. The number of nitrogens with zero attached hydrogens (tertiary/aromatic N) is 4. The molecule has 0 bridgehead atoms. The molecule has 0 radical (unpaired) electrons. The molecular formula is C16H25IN6O. The third-order valence-corrected chi connectivity index (χ3v) is 3.35. The molecule has 2 aromatic rings. The third kappa shape index (κ3) is 6.73. The Labute approximate surface area is 159 Å². The highest BCUT2D eigenvalue weighted by molar-refractivity contribution is 14.0. The number of aliphatic imine (C=N–C) groups is 1. The second kappa shape index (κ2) is 10.8. The van der Waals surface area contributed by atoms with Crippen LogP contribution in [0.1, 0.15) is 17.8 Å². The first kappa shape index (κ1) is 20.2. The number of nitrogens with one attached hydrogen (secondary N) is 2. The van der Waals surface area contributed by atoms with E-state index in [1.54, 1.807) is 11.7 Å². The van der Waals surface area contributed by atoms with E-state index in [-0.39, 0.29) is 24.0 Å². The molecule has 8 heteroatoms. The summed E-state index contributed by atoms with van der Waals surface area (Å²) in [4.78, 5) is 8.34. The number of hydrogen-bond acceptors (Lipinski definition) is 4. The molecule has 2 rings (SSSR count). The summed E-state index contributed by atoms with van der Waals surface area (Å²) in [6.45, 7) is 4.09. The molecule has 132 valence electrons. The van der Waals surface area contributed by atoms with E-state index >= 15 is 0 Å². The second-order valence-corrected chi connectivity index (χ2v) is 5.17. The molecule has 0 saturated carbocycles. The summed E-state index contributed by atoms with van der Waals surface area (Å²) in [5, 5.41) is 10.5. The van der Waals surface area contributed by atoms with Crippen LogP contribution in [0.2, 0.25) is 0 Å². The first-order valence-corrected chi connectivity index (χ1v) is 7.66. The summed E-state index contributed by atoms with van der Waals surface area (Å²) in [5.41, 5.74) is 1.23. The maximum absolute atomic E-state index is 5.69. The minimum Gasteiger partial charge on any atom is -0.494 e. The largest absolute Gasteiger partial charge is 0.494 e. The van der Waals surface area contributed by atoms with Crippen molar-refractivity contribution in [3.05, 3.63) is 42.0 Å². The molecule has 0 aliphatic rings. The first-order valence-electron chi connectivity index (χ1n) is 7.66. The van der Waals surface area contributed by atoms with Crippen molar-refractivity contribution >= 4 is 29.9 Å². The Morgan fingerprint density at radius 3 is 2.62 bits per heavy atom. The maximum Gasteiger partial charge on any atom is 0.191 e. The summed E-state index contributed by atoms with van der Waals surface area (Å²) in [5.74, 6) is 2.50. The molecule has 0 saturated heterocycles. The van der Waals surface area contributed by atoms with Crippen LogP contribution in [-0.4, -0.2) is 40.9 Å². The van der Waals surface area contributed by atoms with Crippen molar-refractivity contribution in [2.24, 2.45) is 12.0 Å². The minimum absolute atomic E-state index is 0. The summed E-state index contributed by atoms with van der Waals surface area (Å²) < 4.78 is 7.42. The second-order valence-electron chi connectivity index (χ2n) is 5.17. The van der Waals surface area contributed by atoms with Gasteiger partial charge in [-0.25, -0.2) is 4.98 Å². The lowest BCUT2D eigenvalue weighted by atomic mass is 10.2. The van der Waals surface area contributed by atoms with Crippen LogP contribution >= 0.6 is 24.0 Å². The van der Waals surface area contributed by atoms with Crippen molar-refractivity contribution in [1.82, 2.24) is 25.4 Å². The fourth-order valence-electron chi connectivity index (χ4n) is 1.97. The Morgan fingerprint density at radius 1 is 1.25 bits per heavy atom. The van der Waals surface area contributed by atoms with Crippen molar-refractivity contribution in [2.75, 3.05) is 20.2 Å². The molecule has 1 aromatic heterocycles. The topological polar surface area (TPSA) is 76.4 Å². The average Bonchev–Trinajstić information content (AvgIpc) is 2.97. The summed E-state index contributed by atoms with van der Waals surface area (Å²) in [6, 6.07) is 8.08. The molecule has 0 amide bonds. The number of aromatic nitrogens is 3. The quantitative estimate of drug-likeness (QED) is 0.295. The molecule has 1 heterocycles. The van der Waals surface area contributed by atoms with E-state index in [0.29, 0.717) is 13.2 Å². The van der Waals surface area contributed by atoms with Gasteiger partial charge in [-0.1, -0.05) is 17.7 Å². The SMILES string of the molecule is CN=C(NCCCOc1ccc(C)cc1)NCc1ncnn1C.I. The van der Waals surface area contributed by atoms with E-state index in [1.807, 2.05) is 31.3 Å². The number of aryl methyl sites for hydroxylation is 2. The Bertz CT molecular complexity index is 626. The normalized spacial score (nSPS) is 10.9. The number of ether oxygens (including phenoxy) is 1. The van der Waals surface area contributed by atoms with E-state index < -0.39 is 0 Å². The highest BCUT2D eigenvalue weighted by atomic mass is 127. The molecule has 0 spiro atoms. The monoisotopic (exact) mass is 444 g/mol. The Balaban J connectivity index is 0.00000288. The lowest BCUT2D eigenvalue weighted by Crippen LogP contribution is -2.38. The van der Waals surface area contributed by atoms with E-state index in [9.17, 15) is 0 Å². The van der Waals surface area contributed by atoms with Crippen LogP contribution in [-0.2, 0) is 13.6 Å². The number of benzene rings is 1. The fraction of sp³-hybridized carbons (Fsp3) is 0.438. The summed E-state index contributed by atoms with van der Waals surface area (Å²) in [7, 11) is 3.61. The van der Waals surface area contributed by atoms with E-state index in [2.05, 4.69) is 32.6 Å². The Hall–Kier alpha value is -1.84. The predicted molar refractivity (Wildman–Crippen MR) is 106 cm³/mol. The van der Waals surface area contributed by atoms with Crippen LogP contribution in [0.25, 0.3) is 0 Å². The highest BCUT2D eigenvalue weighted by Gasteiger charge is 2.02. The number of guanidine groups is 1. The van der Waals surface area contributed by atoms with Crippen molar-refractivity contribution in [3.8, 4) is 5.75 Å². The van der Waals surface area contributed by atoms with Gasteiger partial charge in [0.1, 0.15) is 17.9 Å². The first-order chi connectivity index (χ1) is 11.2. The average molecular weight is 444 g/mol.